The lowest BCUT2D eigenvalue weighted by molar-refractivity contribution is -0.121. The van der Waals surface area contributed by atoms with Gasteiger partial charge in [0.05, 0.1) is 0 Å². The van der Waals surface area contributed by atoms with Gasteiger partial charge in [0, 0.05) is 18.0 Å². The van der Waals surface area contributed by atoms with Crippen LogP contribution in [0.3, 0.4) is 0 Å². The number of amides is 1. The highest BCUT2D eigenvalue weighted by Crippen LogP contribution is 2.24. The van der Waals surface area contributed by atoms with Crippen LogP contribution in [0, 0.1) is 5.92 Å². The number of hydrogen-bond donors (Lipinski definition) is 2. The van der Waals surface area contributed by atoms with Crippen LogP contribution in [0.5, 0.6) is 0 Å². The Kier molecular flexibility index (Phi) is 5.19. The van der Waals surface area contributed by atoms with Gasteiger partial charge in [0.15, 0.2) is 0 Å². The summed E-state index contributed by atoms with van der Waals surface area (Å²) in [7, 11) is 0. The van der Waals surface area contributed by atoms with Gasteiger partial charge in [-0.25, -0.2) is 4.98 Å². The summed E-state index contributed by atoms with van der Waals surface area (Å²) >= 11 is 1.58. The van der Waals surface area contributed by atoms with Gasteiger partial charge in [0.25, 0.3) is 0 Å². The second-order valence-corrected chi connectivity index (χ2v) is 6.61. The Morgan fingerprint density at radius 2 is 2.27 bits per heavy atom. The predicted molar refractivity (Wildman–Crippen MR) is 88.8 cm³/mol. The Balaban J connectivity index is 1.64. The van der Waals surface area contributed by atoms with Crippen LogP contribution in [0.25, 0.3) is 0 Å². The lowest BCUT2D eigenvalue weighted by Gasteiger charge is -2.17. The summed E-state index contributed by atoms with van der Waals surface area (Å²) < 4.78 is 0. The predicted octanol–water partition coefficient (Wildman–Crippen LogP) is 2.74. The molecule has 5 heteroatoms. The van der Waals surface area contributed by atoms with Crippen LogP contribution in [0.15, 0.2) is 41.9 Å². The van der Waals surface area contributed by atoms with Crippen LogP contribution in [-0.4, -0.2) is 24.0 Å². The van der Waals surface area contributed by atoms with Crippen molar-refractivity contribution in [1.82, 2.24) is 15.6 Å². The number of hydrogen-bond acceptors (Lipinski definition) is 4. The monoisotopic (exact) mass is 315 g/mol. The lowest BCUT2D eigenvalue weighted by Crippen LogP contribution is -2.29. The third-order valence-corrected chi connectivity index (χ3v) is 4.92. The van der Waals surface area contributed by atoms with Gasteiger partial charge in [-0.05, 0) is 37.4 Å². The van der Waals surface area contributed by atoms with Crippen LogP contribution in [-0.2, 0) is 4.79 Å². The zero-order valence-corrected chi connectivity index (χ0v) is 13.3. The maximum Gasteiger partial charge on any atom is 0.220 e. The van der Waals surface area contributed by atoms with Crippen molar-refractivity contribution in [3.05, 3.63) is 52.5 Å². The molecule has 2 unspecified atom stereocenters. The largest absolute Gasteiger partial charge is 0.343 e. The maximum atomic E-state index is 12.3. The van der Waals surface area contributed by atoms with Crippen LogP contribution >= 0.6 is 11.3 Å². The second-order valence-electron chi connectivity index (χ2n) is 5.68. The molecule has 1 aliphatic rings. The number of nitrogens with zero attached hydrogens (tertiary/aromatic N) is 1. The van der Waals surface area contributed by atoms with Crippen molar-refractivity contribution >= 4 is 17.2 Å². The van der Waals surface area contributed by atoms with Crippen molar-refractivity contribution in [3.8, 4) is 0 Å². The van der Waals surface area contributed by atoms with Crippen molar-refractivity contribution in [2.75, 3.05) is 13.1 Å². The molecule has 1 aromatic heterocycles. The van der Waals surface area contributed by atoms with Crippen LogP contribution < -0.4 is 10.6 Å². The number of carbonyl (C=O) groups is 1. The molecule has 116 valence electrons. The van der Waals surface area contributed by atoms with Gasteiger partial charge in [-0.1, -0.05) is 30.3 Å². The summed E-state index contributed by atoms with van der Waals surface area (Å²) in [5.41, 5.74) is 1.08. The molecule has 1 aliphatic heterocycles. The first-order valence-corrected chi connectivity index (χ1v) is 8.65. The molecule has 0 radical (unpaired) electrons. The molecule has 3 rings (SSSR count). The molecule has 2 aromatic rings. The molecule has 1 saturated heterocycles. The van der Waals surface area contributed by atoms with Crippen LogP contribution in [0.1, 0.15) is 35.9 Å². The Morgan fingerprint density at radius 1 is 1.41 bits per heavy atom. The molecule has 0 saturated carbocycles. The minimum atomic E-state index is -0.143. The van der Waals surface area contributed by atoms with E-state index in [2.05, 4.69) is 15.6 Å². The highest BCUT2D eigenvalue weighted by molar-refractivity contribution is 7.09. The fourth-order valence-electron chi connectivity index (χ4n) is 2.84. The molecule has 1 aromatic carbocycles. The topological polar surface area (TPSA) is 54.0 Å². The van der Waals surface area contributed by atoms with Gasteiger partial charge in [-0.3, -0.25) is 4.79 Å². The molecule has 0 spiro atoms. The summed E-state index contributed by atoms with van der Waals surface area (Å²) in [6, 6.07) is 9.89. The molecule has 2 heterocycles. The number of thiazole rings is 1. The molecule has 0 bridgehead atoms. The maximum absolute atomic E-state index is 12.3. The van der Waals surface area contributed by atoms with Crippen molar-refractivity contribution < 1.29 is 4.79 Å². The normalized spacial score (nSPS) is 19.0. The fourth-order valence-corrected chi connectivity index (χ4v) is 3.55. The van der Waals surface area contributed by atoms with E-state index in [0.29, 0.717) is 12.3 Å². The Morgan fingerprint density at radius 3 is 2.95 bits per heavy atom. The summed E-state index contributed by atoms with van der Waals surface area (Å²) in [4.78, 5) is 16.7. The average Bonchev–Trinajstić information content (AvgIpc) is 3.25. The minimum Gasteiger partial charge on any atom is -0.343 e. The first-order valence-electron chi connectivity index (χ1n) is 7.77. The van der Waals surface area contributed by atoms with Crippen LogP contribution in [0.4, 0.5) is 0 Å². The average molecular weight is 315 g/mol. The molecular weight excluding hydrogens is 294 g/mol. The SMILES string of the molecule is O=C(CCC1CCNC1)NC(c1ccccc1)c1nccs1. The van der Waals surface area contributed by atoms with Gasteiger partial charge in [-0.2, -0.15) is 0 Å². The number of rotatable bonds is 6. The van der Waals surface area contributed by atoms with Crippen molar-refractivity contribution in [2.24, 2.45) is 5.92 Å². The summed E-state index contributed by atoms with van der Waals surface area (Å²) in [5.74, 6) is 0.747. The third-order valence-electron chi connectivity index (χ3n) is 4.08. The van der Waals surface area contributed by atoms with E-state index in [-0.39, 0.29) is 11.9 Å². The molecule has 22 heavy (non-hydrogen) atoms. The van der Waals surface area contributed by atoms with E-state index in [9.17, 15) is 4.79 Å². The van der Waals surface area contributed by atoms with Gasteiger partial charge < -0.3 is 10.6 Å². The molecule has 2 N–H and O–H groups in total. The number of nitrogens with one attached hydrogen (secondary N) is 2. The van der Waals surface area contributed by atoms with Crippen LogP contribution in [0.2, 0.25) is 0 Å². The molecule has 4 nitrogen and oxygen atoms in total. The van der Waals surface area contributed by atoms with Gasteiger partial charge in [0.2, 0.25) is 5.91 Å². The number of benzene rings is 1. The quantitative estimate of drug-likeness (QED) is 0.862. The molecule has 1 fully saturated rings. The van der Waals surface area contributed by atoms with Crippen molar-refractivity contribution in [1.29, 1.82) is 0 Å². The lowest BCUT2D eigenvalue weighted by atomic mass is 10.0. The van der Waals surface area contributed by atoms with E-state index >= 15 is 0 Å². The van der Waals surface area contributed by atoms with Gasteiger partial charge in [-0.15, -0.1) is 11.3 Å². The fraction of sp³-hybridized carbons (Fsp3) is 0.412. The standard InChI is InChI=1S/C17H21N3OS/c21-15(7-6-13-8-9-18-12-13)20-16(17-19-10-11-22-17)14-4-2-1-3-5-14/h1-5,10-11,13,16,18H,6-9,12H2,(H,20,21). The Bertz CT molecular complexity index is 579. The van der Waals surface area contributed by atoms with Gasteiger partial charge >= 0.3 is 0 Å². The molecule has 2 atom stereocenters. The van der Waals surface area contributed by atoms with Crippen molar-refractivity contribution in [3.63, 3.8) is 0 Å². The van der Waals surface area contributed by atoms with Gasteiger partial charge in [0.1, 0.15) is 11.0 Å². The summed E-state index contributed by atoms with van der Waals surface area (Å²) in [6.45, 7) is 2.12. The van der Waals surface area contributed by atoms with E-state index in [4.69, 9.17) is 0 Å². The zero-order chi connectivity index (χ0) is 15.2. The summed E-state index contributed by atoms with van der Waals surface area (Å²) in [5, 5.41) is 9.37. The molecular formula is C17H21N3OS. The second kappa shape index (κ2) is 7.51. The van der Waals surface area contributed by atoms with E-state index < -0.39 is 0 Å². The van der Waals surface area contributed by atoms with E-state index in [1.807, 2.05) is 35.7 Å². The van der Waals surface area contributed by atoms with E-state index in [1.54, 1.807) is 17.5 Å². The first-order chi connectivity index (χ1) is 10.8. The first kappa shape index (κ1) is 15.2. The molecule has 0 aliphatic carbocycles. The zero-order valence-electron chi connectivity index (χ0n) is 12.5. The Hall–Kier alpha value is -1.72. The minimum absolute atomic E-state index is 0.107. The smallest absolute Gasteiger partial charge is 0.220 e. The number of carbonyl (C=O) groups excluding carboxylic acids is 1. The molecule has 1 amide bonds. The van der Waals surface area contributed by atoms with E-state index in [1.165, 1.54) is 6.42 Å². The third kappa shape index (κ3) is 3.93. The Labute approximate surface area is 135 Å². The number of aromatic nitrogens is 1. The van der Waals surface area contributed by atoms with E-state index in [0.717, 1.165) is 30.1 Å². The van der Waals surface area contributed by atoms with Crippen molar-refractivity contribution in [2.45, 2.75) is 25.3 Å². The highest BCUT2D eigenvalue weighted by Gasteiger charge is 2.20. The summed E-state index contributed by atoms with van der Waals surface area (Å²) in [6.07, 6.45) is 4.51. The highest BCUT2D eigenvalue weighted by atomic mass is 32.1.